The monoisotopic (exact) mass is 217 g/mol. The third-order valence-electron chi connectivity index (χ3n) is 2.36. The highest BCUT2D eigenvalue weighted by Gasteiger charge is 2.11. The quantitative estimate of drug-likeness (QED) is 0.629. The maximum Gasteiger partial charge on any atom is 0.134 e. The topological polar surface area (TPSA) is 75.9 Å². The molecule has 0 bridgehead atoms. The number of hydrogen-bond acceptors (Lipinski definition) is 5. The van der Waals surface area contributed by atoms with Gasteiger partial charge in [0, 0.05) is 5.39 Å². The van der Waals surface area contributed by atoms with Crippen molar-refractivity contribution in [3.8, 4) is 0 Å². The maximum atomic E-state index is 5.75. The van der Waals surface area contributed by atoms with Gasteiger partial charge in [-0.2, -0.15) is 0 Å². The van der Waals surface area contributed by atoms with Gasteiger partial charge in [-0.05, 0) is 12.1 Å². The summed E-state index contributed by atoms with van der Waals surface area (Å²) in [6.07, 6.45) is 1.48. The van der Waals surface area contributed by atoms with Crippen LogP contribution in [0, 0.1) is 0 Å². The molecule has 4 N–H and O–H groups in total. The molecular formula is C11H15N5. The van der Waals surface area contributed by atoms with Crippen molar-refractivity contribution in [2.45, 2.75) is 13.8 Å². The van der Waals surface area contributed by atoms with Gasteiger partial charge in [0.15, 0.2) is 0 Å². The minimum Gasteiger partial charge on any atom is -0.383 e. The number of fused-ring (bicyclic) bond motifs is 2. The Morgan fingerprint density at radius 1 is 1.12 bits per heavy atom. The Kier molecular flexibility index (Phi) is 2.76. The number of nitrogens with zero attached hydrogens (tertiary/aromatic N) is 2. The van der Waals surface area contributed by atoms with Crippen LogP contribution in [0.25, 0.3) is 10.9 Å². The first-order valence-electron chi connectivity index (χ1n) is 5.36. The summed E-state index contributed by atoms with van der Waals surface area (Å²) in [4.78, 5) is 8.11. The second-order valence-electron chi connectivity index (χ2n) is 3.20. The van der Waals surface area contributed by atoms with Crippen LogP contribution in [0.15, 0.2) is 18.5 Å². The van der Waals surface area contributed by atoms with Gasteiger partial charge in [-0.1, -0.05) is 13.8 Å². The van der Waals surface area contributed by atoms with E-state index in [1.54, 1.807) is 0 Å². The van der Waals surface area contributed by atoms with E-state index in [2.05, 4.69) is 20.6 Å². The van der Waals surface area contributed by atoms with Crippen molar-refractivity contribution in [3.63, 3.8) is 0 Å². The number of nitrogens with two attached hydrogens (primary N) is 1. The second-order valence-corrected chi connectivity index (χ2v) is 3.20. The number of nitrogens with one attached hydrogen (secondary N) is 2. The zero-order chi connectivity index (χ0) is 11.5. The van der Waals surface area contributed by atoms with Crippen LogP contribution < -0.4 is 16.4 Å². The molecule has 3 rings (SSSR count). The van der Waals surface area contributed by atoms with E-state index in [-0.39, 0.29) is 0 Å². The molecule has 0 fully saturated rings. The predicted molar refractivity (Wildman–Crippen MR) is 67.4 cm³/mol. The Morgan fingerprint density at radius 3 is 2.56 bits per heavy atom. The van der Waals surface area contributed by atoms with Gasteiger partial charge in [-0.25, -0.2) is 9.97 Å². The SMILES string of the molecule is CC.Nc1ncnc2cc3c(cc12)NCN3. The lowest BCUT2D eigenvalue weighted by Crippen LogP contribution is -1.98. The van der Waals surface area contributed by atoms with Crippen molar-refractivity contribution < 1.29 is 0 Å². The third-order valence-corrected chi connectivity index (χ3v) is 2.36. The number of benzene rings is 1. The predicted octanol–water partition coefficient (Wildman–Crippen LogP) is 2.03. The van der Waals surface area contributed by atoms with E-state index >= 15 is 0 Å². The Balaban J connectivity index is 0.000000457. The van der Waals surface area contributed by atoms with E-state index in [0.717, 1.165) is 28.9 Å². The molecule has 0 aliphatic carbocycles. The van der Waals surface area contributed by atoms with Crippen LogP contribution in [0.2, 0.25) is 0 Å². The molecule has 2 aromatic rings. The molecule has 0 atom stereocenters. The van der Waals surface area contributed by atoms with Crippen molar-refractivity contribution in [3.05, 3.63) is 18.5 Å². The molecule has 0 saturated carbocycles. The average molecular weight is 217 g/mol. The van der Waals surface area contributed by atoms with Gasteiger partial charge in [0.25, 0.3) is 0 Å². The van der Waals surface area contributed by atoms with Crippen molar-refractivity contribution in [2.75, 3.05) is 23.0 Å². The van der Waals surface area contributed by atoms with Gasteiger partial charge in [0.2, 0.25) is 0 Å². The normalized spacial score (nSPS) is 12.1. The summed E-state index contributed by atoms with van der Waals surface area (Å²) in [5.41, 5.74) is 8.74. The van der Waals surface area contributed by atoms with E-state index in [0.29, 0.717) is 5.82 Å². The van der Waals surface area contributed by atoms with E-state index < -0.39 is 0 Å². The number of aromatic nitrogens is 2. The average Bonchev–Trinajstić information content (AvgIpc) is 2.77. The van der Waals surface area contributed by atoms with Gasteiger partial charge in [0.05, 0.1) is 23.6 Å². The zero-order valence-corrected chi connectivity index (χ0v) is 9.41. The fourth-order valence-corrected chi connectivity index (χ4v) is 1.65. The number of nitrogen functional groups attached to an aromatic ring is 1. The zero-order valence-electron chi connectivity index (χ0n) is 9.41. The van der Waals surface area contributed by atoms with Crippen molar-refractivity contribution >= 4 is 28.1 Å². The molecule has 0 amide bonds. The summed E-state index contributed by atoms with van der Waals surface area (Å²) < 4.78 is 0. The molecule has 16 heavy (non-hydrogen) atoms. The number of rotatable bonds is 0. The van der Waals surface area contributed by atoms with Crippen LogP contribution in [0.4, 0.5) is 17.2 Å². The van der Waals surface area contributed by atoms with Crippen molar-refractivity contribution in [1.29, 1.82) is 0 Å². The minimum absolute atomic E-state index is 0.520. The largest absolute Gasteiger partial charge is 0.383 e. The highest BCUT2D eigenvalue weighted by molar-refractivity contribution is 5.96. The molecule has 2 heterocycles. The summed E-state index contributed by atoms with van der Waals surface area (Å²) in [6.45, 7) is 4.75. The summed E-state index contributed by atoms with van der Waals surface area (Å²) in [7, 11) is 0. The smallest absolute Gasteiger partial charge is 0.134 e. The highest BCUT2D eigenvalue weighted by Crippen LogP contribution is 2.31. The highest BCUT2D eigenvalue weighted by atomic mass is 15.1. The van der Waals surface area contributed by atoms with E-state index in [9.17, 15) is 0 Å². The van der Waals surface area contributed by atoms with Crippen molar-refractivity contribution in [2.24, 2.45) is 0 Å². The third kappa shape index (κ3) is 1.60. The van der Waals surface area contributed by atoms with Crippen LogP contribution >= 0.6 is 0 Å². The summed E-state index contributed by atoms with van der Waals surface area (Å²) >= 11 is 0. The Hall–Kier alpha value is -2.04. The van der Waals surface area contributed by atoms with E-state index in [4.69, 9.17) is 5.73 Å². The van der Waals surface area contributed by atoms with Gasteiger partial charge in [0.1, 0.15) is 12.1 Å². The Bertz CT molecular complexity index is 509. The minimum atomic E-state index is 0.520. The van der Waals surface area contributed by atoms with Gasteiger partial charge >= 0.3 is 0 Å². The van der Waals surface area contributed by atoms with Gasteiger partial charge < -0.3 is 16.4 Å². The molecule has 5 nitrogen and oxygen atoms in total. The van der Waals surface area contributed by atoms with Crippen LogP contribution in [0.1, 0.15) is 13.8 Å². The molecule has 84 valence electrons. The number of anilines is 3. The molecule has 1 aliphatic rings. The van der Waals surface area contributed by atoms with Crippen molar-refractivity contribution in [1.82, 2.24) is 9.97 Å². The van der Waals surface area contributed by atoms with Crippen LogP contribution in [-0.2, 0) is 0 Å². The van der Waals surface area contributed by atoms with E-state index in [1.165, 1.54) is 6.33 Å². The fraction of sp³-hybridized carbons (Fsp3) is 0.273. The summed E-state index contributed by atoms with van der Waals surface area (Å²) in [5.74, 6) is 0.520. The molecule has 5 heteroatoms. The summed E-state index contributed by atoms with van der Waals surface area (Å²) in [5, 5.41) is 7.29. The first-order chi connectivity index (χ1) is 7.84. The molecule has 1 aromatic heterocycles. The lowest BCUT2D eigenvalue weighted by atomic mass is 10.2. The second kappa shape index (κ2) is 4.22. The molecule has 0 spiro atoms. The lowest BCUT2D eigenvalue weighted by Gasteiger charge is -2.03. The standard InChI is InChI=1S/C9H9N5.C2H6/c10-9-5-1-7-8(13-3-12-7)2-6(5)11-4-14-9;1-2/h1-2,4,12-13H,3H2,(H2,10,11,14);1-2H3. The Morgan fingerprint density at radius 2 is 1.81 bits per heavy atom. The first kappa shape index (κ1) is 10.5. The van der Waals surface area contributed by atoms with Crippen LogP contribution in [0.3, 0.4) is 0 Å². The summed E-state index contributed by atoms with van der Waals surface area (Å²) in [6, 6.07) is 3.95. The molecule has 1 aromatic carbocycles. The maximum absolute atomic E-state index is 5.75. The fourth-order valence-electron chi connectivity index (χ4n) is 1.65. The molecule has 0 radical (unpaired) electrons. The van der Waals surface area contributed by atoms with E-state index in [1.807, 2.05) is 26.0 Å². The lowest BCUT2D eigenvalue weighted by molar-refractivity contribution is 1.23. The molecular weight excluding hydrogens is 202 g/mol. The van der Waals surface area contributed by atoms with Gasteiger partial charge in [-0.3, -0.25) is 0 Å². The van der Waals surface area contributed by atoms with Gasteiger partial charge in [-0.15, -0.1) is 0 Å². The molecule has 0 unspecified atom stereocenters. The first-order valence-corrected chi connectivity index (χ1v) is 5.36. The molecule has 0 saturated heterocycles. The Labute approximate surface area is 94.1 Å². The number of hydrogen-bond donors (Lipinski definition) is 3. The van der Waals surface area contributed by atoms with Crippen LogP contribution in [0.5, 0.6) is 0 Å². The molecule has 1 aliphatic heterocycles. The van der Waals surface area contributed by atoms with Crippen LogP contribution in [-0.4, -0.2) is 16.6 Å².